The van der Waals surface area contributed by atoms with Crippen LogP contribution in [0.15, 0.2) is 30.3 Å². The summed E-state index contributed by atoms with van der Waals surface area (Å²) in [5.74, 6) is 0.273. The second kappa shape index (κ2) is 7.09. The minimum absolute atomic E-state index is 0.109. The van der Waals surface area contributed by atoms with Gasteiger partial charge in [0.1, 0.15) is 17.5 Å². The molecule has 1 unspecified atom stereocenters. The zero-order valence-corrected chi connectivity index (χ0v) is 13.6. The van der Waals surface area contributed by atoms with Gasteiger partial charge in [-0.2, -0.15) is 5.26 Å². The lowest BCUT2D eigenvalue weighted by Crippen LogP contribution is -2.19. The third-order valence-corrected chi connectivity index (χ3v) is 3.70. The first-order valence-electron chi connectivity index (χ1n) is 7.81. The Bertz CT molecular complexity index is 844. The van der Waals surface area contributed by atoms with Crippen LogP contribution in [0, 0.1) is 11.3 Å². The van der Waals surface area contributed by atoms with Crippen LogP contribution in [0.5, 0.6) is 17.2 Å². The minimum atomic E-state index is -1.22. The van der Waals surface area contributed by atoms with Gasteiger partial charge in [0.2, 0.25) is 12.9 Å². The smallest absolute Gasteiger partial charge is 0.349 e. The summed E-state index contributed by atoms with van der Waals surface area (Å²) in [5.41, 5.74) is 1.27. The molecule has 1 aliphatic heterocycles. The van der Waals surface area contributed by atoms with Crippen molar-refractivity contribution in [3.8, 4) is 23.3 Å². The number of nitriles is 1. The number of carboxylic acids is 1. The quantitative estimate of drug-likeness (QED) is 0.862. The Morgan fingerprint density at radius 1 is 1.36 bits per heavy atom. The summed E-state index contributed by atoms with van der Waals surface area (Å²) >= 11 is 0. The molecule has 1 N–H and O–H groups in total. The van der Waals surface area contributed by atoms with E-state index in [0.29, 0.717) is 34.9 Å². The second-order valence-electron chi connectivity index (χ2n) is 5.45. The molecular weight excluding hydrogens is 324 g/mol. The molecule has 2 aromatic rings. The van der Waals surface area contributed by atoms with E-state index >= 15 is 0 Å². The highest BCUT2D eigenvalue weighted by Gasteiger charge is 2.26. The molecule has 2 heterocycles. The van der Waals surface area contributed by atoms with E-state index in [-0.39, 0.29) is 12.5 Å². The van der Waals surface area contributed by atoms with Gasteiger partial charge in [0, 0.05) is 5.56 Å². The highest BCUT2D eigenvalue weighted by molar-refractivity contribution is 5.75. The van der Waals surface area contributed by atoms with Crippen LogP contribution >= 0.6 is 0 Å². The van der Waals surface area contributed by atoms with Crippen LogP contribution in [0.25, 0.3) is 0 Å². The van der Waals surface area contributed by atoms with Gasteiger partial charge in [-0.15, -0.1) is 0 Å². The summed E-state index contributed by atoms with van der Waals surface area (Å²) < 4.78 is 16.3. The van der Waals surface area contributed by atoms with E-state index in [4.69, 9.17) is 19.5 Å². The Labute approximate surface area is 144 Å². The first-order valence-corrected chi connectivity index (χ1v) is 7.81. The van der Waals surface area contributed by atoms with Gasteiger partial charge in [0.25, 0.3) is 0 Å². The van der Waals surface area contributed by atoms with Gasteiger partial charge < -0.3 is 19.3 Å². The summed E-state index contributed by atoms with van der Waals surface area (Å²) in [7, 11) is 0. The monoisotopic (exact) mass is 340 g/mol. The molecule has 1 aliphatic rings. The lowest BCUT2D eigenvalue weighted by Gasteiger charge is -2.18. The van der Waals surface area contributed by atoms with Crippen LogP contribution in [0.1, 0.15) is 36.4 Å². The lowest BCUT2D eigenvalue weighted by molar-refractivity contribution is -0.145. The Balaban J connectivity index is 1.93. The summed E-state index contributed by atoms with van der Waals surface area (Å²) in [6.45, 7) is 2.08. The summed E-state index contributed by atoms with van der Waals surface area (Å²) in [4.78, 5) is 15.9. The molecule has 7 nitrogen and oxygen atoms in total. The van der Waals surface area contributed by atoms with Gasteiger partial charge in [-0.1, -0.05) is 19.4 Å². The molecule has 25 heavy (non-hydrogen) atoms. The number of rotatable bonds is 6. The summed E-state index contributed by atoms with van der Waals surface area (Å²) in [5, 5.41) is 18.6. The first-order chi connectivity index (χ1) is 12.1. The number of aryl methyl sites for hydroxylation is 1. The number of aliphatic carboxylic acids is 1. The van der Waals surface area contributed by atoms with Gasteiger partial charge in [-0.05, 0) is 30.7 Å². The molecule has 7 heteroatoms. The van der Waals surface area contributed by atoms with E-state index in [0.717, 1.165) is 6.42 Å². The highest BCUT2D eigenvalue weighted by atomic mass is 16.7. The number of hydrogen-bond acceptors (Lipinski definition) is 6. The normalized spacial score (nSPS) is 13.1. The van der Waals surface area contributed by atoms with E-state index in [1.165, 1.54) is 6.07 Å². The average Bonchev–Trinajstić information content (AvgIpc) is 3.08. The van der Waals surface area contributed by atoms with E-state index in [2.05, 4.69) is 4.98 Å². The molecule has 128 valence electrons. The largest absolute Gasteiger partial charge is 0.478 e. The summed E-state index contributed by atoms with van der Waals surface area (Å²) in [6.07, 6.45) is 0.151. The van der Waals surface area contributed by atoms with E-state index < -0.39 is 12.1 Å². The molecule has 1 aromatic carbocycles. The van der Waals surface area contributed by atoms with Crippen molar-refractivity contribution in [2.75, 3.05) is 6.79 Å². The van der Waals surface area contributed by atoms with Crippen LogP contribution in [0.2, 0.25) is 0 Å². The van der Waals surface area contributed by atoms with Gasteiger partial charge in [0.05, 0.1) is 5.69 Å². The lowest BCUT2D eigenvalue weighted by atomic mass is 10.1. The van der Waals surface area contributed by atoms with Crippen LogP contribution in [-0.4, -0.2) is 22.9 Å². The van der Waals surface area contributed by atoms with Crippen molar-refractivity contribution in [1.82, 2.24) is 4.98 Å². The second-order valence-corrected chi connectivity index (χ2v) is 5.45. The van der Waals surface area contributed by atoms with Crippen LogP contribution in [0.3, 0.4) is 0 Å². The Hall–Kier alpha value is -3.27. The van der Waals surface area contributed by atoms with E-state index in [1.807, 2.05) is 13.0 Å². The van der Waals surface area contributed by atoms with Crippen LogP contribution in [0.4, 0.5) is 0 Å². The maximum Gasteiger partial charge on any atom is 0.349 e. The van der Waals surface area contributed by atoms with E-state index in [1.54, 1.807) is 24.3 Å². The van der Waals surface area contributed by atoms with Crippen LogP contribution in [-0.2, 0) is 11.2 Å². The molecule has 0 fully saturated rings. The zero-order valence-electron chi connectivity index (χ0n) is 13.6. The van der Waals surface area contributed by atoms with Crippen molar-refractivity contribution in [1.29, 1.82) is 5.26 Å². The third-order valence-electron chi connectivity index (χ3n) is 3.70. The number of carboxylic acid groups (broad SMARTS) is 1. The Morgan fingerprint density at radius 2 is 2.16 bits per heavy atom. The van der Waals surface area contributed by atoms with Gasteiger partial charge in [-0.3, -0.25) is 0 Å². The van der Waals surface area contributed by atoms with Crippen molar-refractivity contribution < 1.29 is 24.1 Å². The molecule has 0 aliphatic carbocycles. The molecule has 0 spiro atoms. The van der Waals surface area contributed by atoms with Crippen molar-refractivity contribution in [3.05, 3.63) is 47.3 Å². The first kappa shape index (κ1) is 16.6. The molecule has 0 saturated carbocycles. The molecule has 3 rings (SSSR count). The minimum Gasteiger partial charge on any atom is -0.478 e. The molecule has 1 atom stereocenters. The Morgan fingerprint density at radius 3 is 2.88 bits per heavy atom. The zero-order chi connectivity index (χ0) is 17.8. The number of carbonyl (C=O) groups is 1. The highest BCUT2D eigenvalue weighted by Crippen LogP contribution is 2.35. The number of aromatic nitrogens is 1. The topological polar surface area (TPSA) is 102 Å². The molecule has 0 amide bonds. The SMILES string of the molecule is CCCc1nc(C#N)ccc1OC(C(=O)O)c1ccc2c(c1)OCO2. The summed E-state index contributed by atoms with van der Waals surface area (Å²) in [6, 6.07) is 9.94. The average molecular weight is 340 g/mol. The van der Waals surface area contributed by atoms with Gasteiger partial charge in [0.15, 0.2) is 11.5 Å². The fourth-order valence-electron chi connectivity index (χ4n) is 2.54. The maximum atomic E-state index is 11.7. The predicted molar refractivity (Wildman–Crippen MR) is 86.5 cm³/mol. The van der Waals surface area contributed by atoms with Crippen molar-refractivity contribution in [2.45, 2.75) is 25.9 Å². The molecule has 0 saturated heterocycles. The fourth-order valence-corrected chi connectivity index (χ4v) is 2.54. The van der Waals surface area contributed by atoms with E-state index in [9.17, 15) is 9.90 Å². The van der Waals surface area contributed by atoms with Crippen molar-refractivity contribution in [3.63, 3.8) is 0 Å². The molecule has 1 aromatic heterocycles. The molecular formula is C18H16N2O5. The molecule has 0 radical (unpaired) electrons. The Kier molecular flexibility index (Phi) is 4.70. The number of nitrogens with zero attached hydrogens (tertiary/aromatic N) is 2. The van der Waals surface area contributed by atoms with Crippen molar-refractivity contribution >= 4 is 5.97 Å². The number of hydrogen-bond donors (Lipinski definition) is 1. The third kappa shape index (κ3) is 3.48. The number of benzene rings is 1. The standard InChI is InChI=1S/C18H16N2O5/c1-2-3-13-14(7-5-12(9-19)20-13)25-17(18(21)22)11-4-6-15-16(8-11)24-10-23-15/h4-8,17H,2-3,10H2,1H3,(H,21,22). The number of ether oxygens (including phenoxy) is 3. The number of fused-ring (bicyclic) bond motifs is 1. The fraction of sp³-hybridized carbons (Fsp3) is 0.278. The molecule has 0 bridgehead atoms. The maximum absolute atomic E-state index is 11.7. The van der Waals surface area contributed by atoms with Crippen LogP contribution < -0.4 is 14.2 Å². The van der Waals surface area contributed by atoms with Gasteiger partial charge in [-0.25, -0.2) is 9.78 Å². The predicted octanol–water partition coefficient (Wildman–Crippen LogP) is 2.84. The van der Waals surface area contributed by atoms with Crippen molar-refractivity contribution in [2.24, 2.45) is 0 Å². The number of pyridine rings is 1. The van der Waals surface area contributed by atoms with Gasteiger partial charge >= 0.3 is 5.97 Å².